The van der Waals surface area contributed by atoms with E-state index < -0.39 is 11.2 Å². The molecule has 0 fully saturated rings. The topological polar surface area (TPSA) is 85.3 Å². The van der Waals surface area contributed by atoms with Crippen molar-refractivity contribution in [2.24, 2.45) is 0 Å². The van der Waals surface area contributed by atoms with E-state index in [1.807, 2.05) is 61.5 Å². The summed E-state index contributed by atoms with van der Waals surface area (Å²) in [4.78, 5) is 26.2. The highest BCUT2D eigenvalue weighted by molar-refractivity contribution is 5.57. The summed E-state index contributed by atoms with van der Waals surface area (Å²) in [6, 6.07) is 17.0. The van der Waals surface area contributed by atoms with Crippen LogP contribution in [0.4, 0.5) is 11.4 Å². The third-order valence-electron chi connectivity index (χ3n) is 3.81. The molecule has 0 saturated carbocycles. The van der Waals surface area contributed by atoms with E-state index in [1.165, 1.54) is 10.8 Å². The standard InChI is InChI=1S/C20H21N3O4/c1-15-7-9-17(10-8-15)27-12-11-26-14-23-13-18(19(24)22-20(23)25)21-16-5-3-2-4-6-16/h2-10,13,21H,11-12,14H2,1H3,(H,22,24,25). The van der Waals surface area contributed by atoms with Gasteiger partial charge in [-0.2, -0.15) is 0 Å². The van der Waals surface area contributed by atoms with Crippen LogP contribution in [0, 0.1) is 6.92 Å². The normalized spacial score (nSPS) is 10.6. The molecule has 140 valence electrons. The number of ether oxygens (including phenoxy) is 2. The number of nitrogens with one attached hydrogen (secondary N) is 2. The van der Waals surface area contributed by atoms with Crippen LogP contribution in [0.2, 0.25) is 0 Å². The second-order valence-corrected chi connectivity index (χ2v) is 5.96. The highest BCUT2D eigenvalue weighted by atomic mass is 16.5. The van der Waals surface area contributed by atoms with Crippen molar-refractivity contribution in [1.82, 2.24) is 9.55 Å². The third-order valence-corrected chi connectivity index (χ3v) is 3.81. The Morgan fingerprint density at radius 1 is 1.00 bits per heavy atom. The molecule has 2 aromatic carbocycles. The molecule has 7 heteroatoms. The average molecular weight is 367 g/mol. The molecular formula is C20H21N3O4. The molecule has 1 heterocycles. The van der Waals surface area contributed by atoms with Gasteiger partial charge < -0.3 is 14.8 Å². The number of aryl methyl sites for hydroxylation is 1. The van der Waals surface area contributed by atoms with Gasteiger partial charge in [0.05, 0.1) is 6.61 Å². The van der Waals surface area contributed by atoms with Crippen LogP contribution < -0.4 is 21.3 Å². The third kappa shape index (κ3) is 5.32. The molecule has 27 heavy (non-hydrogen) atoms. The molecule has 0 unspecified atom stereocenters. The van der Waals surface area contributed by atoms with Gasteiger partial charge in [-0.05, 0) is 31.2 Å². The van der Waals surface area contributed by atoms with E-state index in [0.29, 0.717) is 13.2 Å². The number of nitrogens with zero attached hydrogens (tertiary/aromatic N) is 1. The number of hydrogen-bond donors (Lipinski definition) is 2. The lowest BCUT2D eigenvalue weighted by atomic mass is 10.2. The van der Waals surface area contributed by atoms with Crippen LogP contribution in [-0.2, 0) is 11.5 Å². The number of anilines is 2. The van der Waals surface area contributed by atoms with Crippen LogP contribution in [0.1, 0.15) is 5.56 Å². The van der Waals surface area contributed by atoms with E-state index >= 15 is 0 Å². The molecule has 0 atom stereocenters. The molecule has 0 aliphatic rings. The van der Waals surface area contributed by atoms with Gasteiger partial charge in [0.15, 0.2) is 0 Å². The van der Waals surface area contributed by atoms with Crippen LogP contribution >= 0.6 is 0 Å². The Bertz CT molecular complexity index is 979. The first kappa shape index (κ1) is 18.5. The molecule has 0 aliphatic carbocycles. The number of H-pyrrole nitrogens is 1. The lowest BCUT2D eigenvalue weighted by Crippen LogP contribution is -2.31. The highest BCUT2D eigenvalue weighted by Gasteiger charge is 2.05. The van der Waals surface area contributed by atoms with Gasteiger partial charge in [0.25, 0.3) is 5.56 Å². The molecule has 0 saturated heterocycles. The van der Waals surface area contributed by atoms with E-state index in [9.17, 15) is 9.59 Å². The van der Waals surface area contributed by atoms with E-state index in [-0.39, 0.29) is 12.4 Å². The minimum absolute atomic E-state index is 0.0103. The molecule has 0 aliphatic heterocycles. The molecule has 0 spiro atoms. The Kier molecular flexibility index (Phi) is 6.06. The molecule has 7 nitrogen and oxygen atoms in total. The SMILES string of the molecule is Cc1ccc(OCCOCn2cc(Nc3ccccc3)c(=O)[nH]c2=O)cc1. The van der Waals surface area contributed by atoms with Crippen molar-refractivity contribution in [2.75, 3.05) is 18.5 Å². The molecule has 2 N–H and O–H groups in total. The molecular weight excluding hydrogens is 346 g/mol. The molecule has 0 bridgehead atoms. The first-order chi connectivity index (χ1) is 13.1. The van der Waals surface area contributed by atoms with Gasteiger partial charge in [0.1, 0.15) is 24.8 Å². The van der Waals surface area contributed by atoms with Gasteiger partial charge in [0, 0.05) is 11.9 Å². The number of aromatic amines is 1. The Balaban J connectivity index is 1.55. The fourth-order valence-electron chi connectivity index (χ4n) is 2.39. The summed E-state index contributed by atoms with van der Waals surface area (Å²) in [5.41, 5.74) is 1.16. The van der Waals surface area contributed by atoms with Crippen LogP contribution in [0.15, 0.2) is 70.4 Å². The maximum absolute atomic E-state index is 12.0. The van der Waals surface area contributed by atoms with Gasteiger partial charge in [-0.3, -0.25) is 14.3 Å². The first-order valence-electron chi connectivity index (χ1n) is 8.55. The van der Waals surface area contributed by atoms with Crippen molar-refractivity contribution < 1.29 is 9.47 Å². The van der Waals surface area contributed by atoms with Crippen LogP contribution in [-0.4, -0.2) is 22.8 Å². The minimum atomic E-state index is -0.530. The lowest BCUT2D eigenvalue weighted by Gasteiger charge is -2.11. The summed E-state index contributed by atoms with van der Waals surface area (Å²) < 4.78 is 12.3. The van der Waals surface area contributed by atoms with E-state index in [1.54, 1.807) is 0 Å². The summed E-state index contributed by atoms with van der Waals surface area (Å²) in [6.07, 6.45) is 1.44. The fraction of sp³-hybridized carbons (Fsp3) is 0.200. The van der Waals surface area contributed by atoms with Gasteiger partial charge in [0.2, 0.25) is 0 Å². The first-order valence-corrected chi connectivity index (χ1v) is 8.55. The van der Waals surface area contributed by atoms with E-state index in [4.69, 9.17) is 9.47 Å². The van der Waals surface area contributed by atoms with Crippen molar-refractivity contribution in [1.29, 1.82) is 0 Å². The smallest absolute Gasteiger partial charge is 0.330 e. The summed E-state index contributed by atoms with van der Waals surface area (Å²) in [5, 5.41) is 2.98. The molecule has 0 amide bonds. The predicted octanol–water partition coefficient (Wildman–Crippen LogP) is 2.64. The van der Waals surface area contributed by atoms with E-state index in [2.05, 4.69) is 10.3 Å². The van der Waals surface area contributed by atoms with Crippen molar-refractivity contribution in [3.8, 4) is 5.75 Å². The summed E-state index contributed by atoms with van der Waals surface area (Å²) in [5.74, 6) is 0.764. The maximum atomic E-state index is 12.0. The van der Waals surface area contributed by atoms with Gasteiger partial charge >= 0.3 is 5.69 Å². The maximum Gasteiger partial charge on any atom is 0.330 e. The zero-order valence-electron chi connectivity index (χ0n) is 15.0. The average Bonchev–Trinajstić information content (AvgIpc) is 2.67. The van der Waals surface area contributed by atoms with Crippen molar-refractivity contribution >= 4 is 11.4 Å². The monoisotopic (exact) mass is 367 g/mol. The van der Waals surface area contributed by atoms with E-state index in [0.717, 1.165) is 17.0 Å². The van der Waals surface area contributed by atoms with Crippen LogP contribution in [0.3, 0.4) is 0 Å². The summed E-state index contributed by atoms with van der Waals surface area (Å²) >= 11 is 0. The van der Waals surface area contributed by atoms with Crippen molar-refractivity contribution in [3.05, 3.63) is 87.2 Å². The zero-order valence-corrected chi connectivity index (χ0v) is 15.0. The number of aromatic nitrogens is 2. The van der Waals surface area contributed by atoms with Crippen LogP contribution in [0.5, 0.6) is 5.75 Å². The number of rotatable bonds is 8. The largest absolute Gasteiger partial charge is 0.491 e. The molecule has 3 rings (SSSR count). The Labute approximate surface area is 156 Å². The second-order valence-electron chi connectivity index (χ2n) is 5.96. The van der Waals surface area contributed by atoms with Crippen LogP contribution in [0.25, 0.3) is 0 Å². The molecule has 3 aromatic rings. The fourth-order valence-corrected chi connectivity index (χ4v) is 2.39. The second kappa shape index (κ2) is 8.86. The predicted molar refractivity (Wildman–Crippen MR) is 104 cm³/mol. The Morgan fingerprint density at radius 3 is 2.48 bits per heavy atom. The minimum Gasteiger partial charge on any atom is -0.491 e. The summed E-state index contributed by atoms with van der Waals surface area (Å²) in [6.45, 7) is 2.68. The summed E-state index contributed by atoms with van der Waals surface area (Å²) in [7, 11) is 0. The van der Waals surface area contributed by atoms with Gasteiger partial charge in [-0.25, -0.2) is 4.79 Å². The highest BCUT2D eigenvalue weighted by Crippen LogP contribution is 2.12. The number of benzene rings is 2. The van der Waals surface area contributed by atoms with Crippen molar-refractivity contribution in [2.45, 2.75) is 13.7 Å². The number of hydrogen-bond acceptors (Lipinski definition) is 5. The zero-order chi connectivity index (χ0) is 19.1. The van der Waals surface area contributed by atoms with Gasteiger partial charge in [-0.1, -0.05) is 35.9 Å². The molecule has 1 aromatic heterocycles. The van der Waals surface area contributed by atoms with Gasteiger partial charge in [-0.15, -0.1) is 0 Å². The number of para-hydroxylation sites is 1. The lowest BCUT2D eigenvalue weighted by molar-refractivity contribution is 0.0513. The Morgan fingerprint density at radius 2 is 1.74 bits per heavy atom. The quantitative estimate of drug-likeness (QED) is 0.598. The molecule has 0 radical (unpaired) electrons. The van der Waals surface area contributed by atoms with Crippen molar-refractivity contribution in [3.63, 3.8) is 0 Å². The Hall–Kier alpha value is -3.32.